The molecule has 3 rings (SSSR count). The molecule has 2 aromatic heterocycles. The summed E-state index contributed by atoms with van der Waals surface area (Å²) in [4.78, 5) is 22.4. The molecule has 1 saturated heterocycles. The Kier molecular flexibility index (Phi) is 5.50. The Morgan fingerprint density at radius 2 is 2.20 bits per heavy atom. The molecule has 6 heteroatoms. The number of amides is 1. The van der Waals surface area contributed by atoms with Crippen LogP contribution in [0.1, 0.15) is 22.3 Å². The van der Waals surface area contributed by atoms with Crippen LogP contribution in [-0.4, -0.2) is 46.1 Å². The van der Waals surface area contributed by atoms with Crippen LogP contribution in [0.4, 0.5) is 4.39 Å². The Labute approximate surface area is 146 Å². The summed E-state index contributed by atoms with van der Waals surface area (Å²) in [7, 11) is 0. The molecule has 1 aliphatic heterocycles. The molecule has 0 unspecified atom stereocenters. The van der Waals surface area contributed by atoms with Crippen molar-refractivity contribution in [2.45, 2.75) is 25.0 Å². The molecule has 0 N–H and O–H groups in total. The fourth-order valence-electron chi connectivity index (χ4n) is 3.17. The number of aromatic nitrogens is 2. The minimum Gasteiger partial charge on any atom is -0.372 e. The molecule has 0 radical (unpaired) electrons. The number of carbonyl (C=O) groups is 1. The first-order chi connectivity index (χ1) is 12.2. The zero-order valence-corrected chi connectivity index (χ0v) is 13.8. The van der Waals surface area contributed by atoms with Gasteiger partial charge in [0.1, 0.15) is 0 Å². The summed E-state index contributed by atoms with van der Waals surface area (Å²) in [6.07, 6.45) is 8.85. The maximum Gasteiger partial charge on any atom is 0.257 e. The van der Waals surface area contributed by atoms with Gasteiger partial charge in [0.2, 0.25) is 0 Å². The average Bonchev–Trinajstić information content (AvgIpc) is 3.03. The number of carbonyl (C=O) groups excluding carboxylic acids is 1. The second-order valence-corrected chi connectivity index (χ2v) is 5.94. The minimum absolute atomic E-state index is 0.0376. The molecule has 5 nitrogen and oxygen atoms in total. The summed E-state index contributed by atoms with van der Waals surface area (Å²) in [5.41, 5.74) is 1.05. The molecule has 1 fully saturated rings. The van der Waals surface area contributed by atoms with Crippen molar-refractivity contribution in [1.29, 1.82) is 0 Å². The largest absolute Gasteiger partial charge is 0.372 e. The fourth-order valence-corrected chi connectivity index (χ4v) is 3.17. The van der Waals surface area contributed by atoms with Gasteiger partial charge in [-0.15, -0.1) is 6.58 Å². The summed E-state index contributed by atoms with van der Waals surface area (Å²) < 4.78 is 19.8. The molecule has 0 saturated carbocycles. The van der Waals surface area contributed by atoms with Crippen molar-refractivity contribution in [3.63, 3.8) is 0 Å². The molecular weight excluding hydrogens is 321 g/mol. The Morgan fingerprint density at radius 1 is 1.36 bits per heavy atom. The van der Waals surface area contributed by atoms with Crippen molar-refractivity contribution in [3.8, 4) is 0 Å². The molecular formula is C19H20FN3O2. The van der Waals surface area contributed by atoms with Crippen LogP contribution in [0, 0.1) is 5.82 Å². The third-order valence-electron chi connectivity index (χ3n) is 4.34. The van der Waals surface area contributed by atoms with E-state index in [1.807, 2.05) is 12.1 Å². The van der Waals surface area contributed by atoms with Crippen LogP contribution < -0.4 is 0 Å². The van der Waals surface area contributed by atoms with Crippen molar-refractivity contribution in [1.82, 2.24) is 14.9 Å². The van der Waals surface area contributed by atoms with Gasteiger partial charge in [0, 0.05) is 25.1 Å². The Morgan fingerprint density at radius 3 is 2.92 bits per heavy atom. The monoisotopic (exact) mass is 341 g/mol. The third-order valence-corrected chi connectivity index (χ3v) is 4.34. The lowest BCUT2D eigenvalue weighted by Gasteiger charge is -2.28. The van der Waals surface area contributed by atoms with Gasteiger partial charge in [-0.2, -0.15) is 0 Å². The smallest absolute Gasteiger partial charge is 0.257 e. The van der Waals surface area contributed by atoms with Crippen LogP contribution >= 0.6 is 0 Å². The van der Waals surface area contributed by atoms with Crippen molar-refractivity contribution in [3.05, 3.63) is 72.6 Å². The van der Waals surface area contributed by atoms with Crippen molar-refractivity contribution in [2.75, 3.05) is 13.2 Å². The predicted octanol–water partition coefficient (Wildman–Crippen LogP) is 2.64. The second kappa shape index (κ2) is 7.98. The van der Waals surface area contributed by atoms with E-state index >= 15 is 0 Å². The van der Waals surface area contributed by atoms with E-state index in [1.165, 1.54) is 12.3 Å². The number of nitrogens with zero attached hydrogens (tertiary/aromatic N) is 3. The van der Waals surface area contributed by atoms with E-state index in [1.54, 1.807) is 23.4 Å². The first-order valence-electron chi connectivity index (χ1n) is 8.22. The SMILES string of the molecule is C=CCO[C@H]1CCN(C(=O)c2ccncc2F)[C@H]1Cc1cccnc1. The van der Waals surface area contributed by atoms with Gasteiger partial charge >= 0.3 is 0 Å². The lowest BCUT2D eigenvalue weighted by molar-refractivity contribution is 0.0377. The zero-order valence-electron chi connectivity index (χ0n) is 13.8. The Bertz CT molecular complexity index is 738. The highest BCUT2D eigenvalue weighted by Crippen LogP contribution is 2.26. The summed E-state index contributed by atoms with van der Waals surface area (Å²) in [5, 5.41) is 0. The quantitative estimate of drug-likeness (QED) is 0.758. The molecule has 0 spiro atoms. The maximum absolute atomic E-state index is 14.0. The van der Waals surface area contributed by atoms with Gasteiger partial charge in [-0.3, -0.25) is 14.8 Å². The molecule has 25 heavy (non-hydrogen) atoms. The van der Waals surface area contributed by atoms with Crippen LogP contribution in [-0.2, 0) is 11.2 Å². The van der Waals surface area contributed by atoms with Gasteiger partial charge in [0.05, 0.1) is 30.5 Å². The van der Waals surface area contributed by atoms with Crippen molar-refractivity contribution in [2.24, 2.45) is 0 Å². The second-order valence-electron chi connectivity index (χ2n) is 5.94. The highest BCUT2D eigenvalue weighted by molar-refractivity contribution is 5.94. The molecule has 130 valence electrons. The Hall–Kier alpha value is -2.60. The van der Waals surface area contributed by atoms with E-state index in [9.17, 15) is 9.18 Å². The highest BCUT2D eigenvalue weighted by atomic mass is 19.1. The number of likely N-dealkylation sites (tertiary alicyclic amines) is 1. The molecule has 1 amide bonds. The van der Waals surface area contributed by atoms with E-state index < -0.39 is 5.82 Å². The number of pyridine rings is 2. The zero-order chi connectivity index (χ0) is 17.6. The number of hydrogen-bond acceptors (Lipinski definition) is 4. The van der Waals surface area contributed by atoms with E-state index in [-0.39, 0.29) is 23.6 Å². The molecule has 1 aliphatic rings. The lowest BCUT2D eigenvalue weighted by atomic mass is 10.0. The lowest BCUT2D eigenvalue weighted by Crippen LogP contribution is -2.42. The van der Waals surface area contributed by atoms with Crippen LogP contribution in [0.5, 0.6) is 0 Å². The number of hydrogen-bond donors (Lipinski definition) is 0. The topological polar surface area (TPSA) is 55.3 Å². The summed E-state index contributed by atoms with van der Waals surface area (Å²) >= 11 is 0. The van der Waals surface area contributed by atoms with Gasteiger partial charge in [-0.05, 0) is 30.5 Å². The van der Waals surface area contributed by atoms with Gasteiger partial charge in [-0.25, -0.2) is 4.39 Å². The molecule has 2 aromatic rings. The van der Waals surface area contributed by atoms with E-state index in [2.05, 4.69) is 16.5 Å². The molecule has 2 atom stereocenters. The molecule has 0 bridgehead atoms. The average molecular weight is 341 g/mol. The predicted molar refractivity (Wildman–Crippen MR) is 91.5 cm³/mol. The van der Waals surface area contributed by atoms with Crippen LogP contribution in [0.3, 0.4) is 0 Å². The van der Waals surface area contributed by atoms with Crippen LogP contribution in [0.2, 0.25) is 0 Å². The molecule has 0 aliphatic carbocycles. The van der Waals surface area contributed by atoms with Crippen LogP contribution in [0.25, 0.3) is 0 Å². The fraction of sp³-hybridized carbons (Fsp3) is 0.316. The number of ether oxygens (including phenoxy) is 1. The van der Waals surface area contributed by atoms with Crippen LogP contribution in [0.15, 0.2) is 55.6 Å². The molecule has 3 heterocycles. The van der Waals surface area contributed by atoms with Gasteiger partial charge in [0.15, 0.2) is 5.82 Å². The number of halogens is 1. The van der Waals surface area contributed by atoms with E-state index in [4.69, 9.17) is 4.74 Å². The normalized spacial score (nSPS) is 19.8. The van der Waals surface area contributed by atoms with Crippen molar-refractivity contribution < 1.29 is 13.9 Å². The first kappa shape index (κ1) is 17.2. The van der Waals surface area contributed by atoms with Crippen molar-refractivity contribution >= 4 is 5.91 Å². The summed E-state index contributed by atoms with van der Waals surface area (Å²) in [5.74, 6) is -0.943. The summed E-state index contributed by atoms with van der Waals surface area (Å²) in [6, 6.07) is 5.06. The third kappa shape index (κ3) is 3.91. The van der Waals surface area contributed by atoms with E-state index in [0.29, 0.717) is 26.0 Å². The summed E-state index contributed by atoms with van der Waals surface area (Å²) in [6.45, 7) is 4.61. The maximum atomic E-state index is 14.0. The standard InChI is InChI=1S/C19H20FN3O2/c1-2-10-25-18-6-9-23(17(18)11-14-4-3-7-21-12-14)19(24)15-5-8-22-13-16(15)20/h2-5,7-8,12-13,17-18H,1,6,9-11H2/t17-,18-/m0/s1. The highest BCUT2D eigenvalue weighted by Gasteiger charge is 2.38. The minimum atomic E-state index is -0.608. The molecule has 0 aromatic carbocycles. The van der Waals surface area contributed by atoms with Gasteiger partial charge in [0.25, 0.3) is 5.91 Å². The first-order valence-corrected chi connectivity index (χ1v) is 8.22. The van der Waals surface area contributed by atoms with Gasteiger partial charge in [-0.1, -0.05) is 12.1 Å². The number of rotatable bonds is 6. The Balaban J connectivity index is 1.84. The van der Waals surface area contributed by atoms with Gasteiger partial charge < -0.3 is 9.64 Å². The van der Waals surface area contributed by atoms with E-state index in [0.717, 1.165) is 11.8 Å².